The van der Waals surface area contributed by atoms with E-state index in [-0.39, 0.29) is 65.2 Å². The SMILES string of the molecule is COc1cc(C(C2C(=O)CC(C)(C)CC2=O)C2C(=O)CC(C)(C)CC2=O)cc(Cl)c1OC(F)F. The quantitative estimate of drug-likeness (QED) is 0.502. The van der Waals surface area contributed by atoms with Crippen LogP contribution in [0.4, 0.5) is 8.78 Å². The van der Waals surface area contributed by atoms with Crippen LogP contribution in [0, 0.1) is 22.7 Å². The van der Waals surface area contributed by atoms with Gasteiger partial charge in [0.2, 0.25) is 0 Å². The highest BCUT2D eigenvalue weighted by atomic mass is 35.5. The van der Waals surface area contributed by atoms with Gasteiger partial charge in [-0.3, -0.25) is 19.2 Å². The minimum Gasteiger partial charge on any atom is -0.493 e. The molecule has 1 aromatic carbocycles. The Morgan fingerprint density at radius 1 is 0.853 bits per heavy atom. The highest BCUT2D eigenvalue weighted by Crippen LogP contribution is 2.49. The number of alkyl halides is 2. The van der Waals surface area contributed by atoms with Gasteiger partial charge in [-0.2, -0.15) is 8.78 Å². The number of Topliss-reactive ketones (excluding diaryl/α,β-unsaturated/α-hetero) is 4. The molecular weight excluding hydrogens is 470 g/mol. The Hall–Kier alpha value is -2.35. The van der Waals surface area contributed by atoms with Crippen LogP contribution in [0.2, 0.25) is 5.02 Å². The molecule has 186 valence electrons. The van der Waals surface area contributed by atoms with Crippen LogP contribution in [-0.4, -0.2) is 36.9 Å². The number of carbonyl (C=O) groups is 4. The van der Waals surface area contributed by atoms with Crippen LogP contribution in [0.3, 0.4) is 0 Å². The van der Waals surface area contributed by atoms with Gasteiger partial charge in [0.15, 0.2) is 11.5 Å². The van der Waals surface area contributed by atoms with Crippen LogP contribution in [0.25, 0.3) is 0 Å². The highest BCUT2D eigenvalue weighted by molar-refractivity contribution is 6.32. The van der Waals surface area contributed by atoms with E-state index in [1.165, 1.54) is 19.2 Å². The third kappa shape index (κ3) is 5.32. The molecule has 0 amide bonds. The number of hydrogen-bond acceptors (Lipinski definition) is 6. The first-order valence-corrected chi connectivity index (χ1v) is 11.5. The molecule has 0 spiro atoms. The standard InChI is InChI=1S/C25H29ClF2O6/c1-24(2)8-14(29)20(15(30)9-24)19(21-16(31)10-25(3,4)11-17(21)32)12-6-13(26)22(34-23(27)28)18(7-12)33-5/h6-7,19-21,23H,8-11H2,1-5H3. The maximum Gasteiger partial charge on any atom is 0.387 e. The summed E-state index contributed by atoms with van der Waals surface area (Å²) in [7, 11) is 1.22. The molecule has 2 aliphatic carbocycles. The number of rotatable bonds is 6. The molecular formula is C25H29ClF2O6. The van der Waals surface area contributed by atoms with E-state index in [0.29, 0.717) is 0 Å². The van der Waals surface area contributed by atoms with E-state index < -0.39 is 40.9 Å². The molecule has 3 rings (SSSR count). The Morgan fingerprint density at radius 3 is 1.62 bits per heavy atom. The molecule has 0 saturated heterocycles. The van der Waals surface area contributed by atoms with Crippen LogP contribution >= 0.6 is 11.6 Å². The number of halogens is 3. The van der Waals surface area contributed by atoms with Crippen LogP contribution in [0.15, 0.2) is 12.1 Å². The molecule has 0 aromatic heterocycles. The first kappa shape index (κ1) is 26.3. The molecule has 2 saturated carbocycles. The second-order valence-electron chi connectivity index (χ2n) is 10.8. The van der Waals surface area contributed by atoms with Gasteiger partial charge in [0.05, 0.1) is 24.0 Å². The first-order valence-electron chi connectivity index (χ1n) is 11.1. The fraction of sp³-hybridized carbons (Fsp3) is 0.600. The second-order valence-corrected chi connectivity index (χ2v) is 11.2. The first-order chi connectivity index (χ1) is 15.7. The lowest BCUT2D eigenvalue weighted by molar-refractivity contribution is -0.145. The Kier molecular flexibility index (Phi) is 7.23. The van der Waals surface area contributed by atoms with Crippen molar-refractivity contribution >= 4 is 34.7 Å². The zero-order valence-electron chi connectivity index (χ0n) is 19.9. The topological polar surface area (TPSA) is 86.7 Å². The van der Waals surface area contributed by atoms with Crippen molar-refractivity contribution in [1.82, 2.24) is 0 Å². The molecule has 0 unspecified atom stereocenters. The molecule has 0 heterocycles. The van der Waals surface area contributed by atoms with Crippen molar-refractivity contribution in [2.75, 3.05) is 7.11 Å². The third-order valence-corrected chi connectivity index (χ3v) is 6.84. The van der Waals surface area contributed by atoms with Gasteiger partial charge in [-0.15, -0.1) is 0 Å². The molecule has 6 nitrogen and oxygen atoms in total. The summed E-state index contributed by atoms with van der Waals surface area (Å²) in [4.78, 5) is 53.0. The van der Waals surface area contributed by atoms with E-state index in [2.05, 4.69) is 4.74 Å². The zero-order chi connectivity index (χ0) is 25.6. The lowest BCUT2D eigenvalue weighted by Gasteiger charge is -2.41. The van der Waals surface area contributed by atoms with Gasteiger partial charge < -0.3 is 9.47 Å². The van der Waals surface area contributed by atoms with Crippen molar-refractivity contribution in [2.24, 2.45) is 22.7 Å². The number of benzene rings is 1. The number of hydrogen-bond donors (Lipinski definition) is 0. The van der Waals surface area contributed by atoms with Crippen LogP contribution in [0.5, 0.6) is 11.5 Å². The number of ketones is 4. The van der Waals surface area contributed by atoms with Crippen molar-refractivity contribution in [2.45, 2.75) is 65.9 Å². The minimum atomic E-state index is -3.17. The van der Waals surface area contributed by atoms with Gasteiger partial charge in [-0.05, 0) is 28.5 Å². The predicted molar refractivity (Wildman–Crippen MR) is 120 cm³/mol. The minimum absolute atomic E-state index is 0.109. The lowest BCUT2D eigenvalue weighted by atomic mass is 9.59. The summed E-state index contributed by atoms with van der Waals surface area (Å²) >= 11 is 6.24. The van der Waals surface area contributed by atoms with E-state index in [1.54, 1.807) is 0 Å². The number of ether oxygens (including phenoxy) is 2. The van der Waals surface area contributed by atoms with Gasteiger partial charge >= 0.3 is 6.61 Å². The lowest BCUT2D eigenvalue weighted by Crippen LogP contribution is -2.48. The Bertz CT molecular complexity index is 944. The second kappa shape index (κ2) is 9.36. The summed E-state index contributed by atoms with van der Waals surface area (Å²) < 4.78 is 35.4. The maximum absolute atomic E-state index is 13.2. The number of carbonyl (C=O) groups excluding carboxylic acids is 4. The van der Waals surface area contributed by atoms with E-state index in [1.807, 2.05) is 27.7 Å². The summed E-state index contributed by atoms with van der Waals surface area (Å²) in [5.74, 6) is -5.58. The predicted octanol–water partition coefficient (Wildman–Crippen LogP) is 5.18. The summed E-state index contributed by atoms with van der Waals surface area (Å²) in [6, 6.07) is 2.59. The maximum atomic E-state index is 13.2. The molecule has 9 heteroatoms. The summed E-state index contributed by atoms with van der Waals surface area (Å²) in [6.07, 6.45) is 0.436. The average Bonchev–Trinajstić information content (AvgIpc) is 2.64. The fourth-order valence-corrected chi connectivity index (χ4v) is 5.59. The number of methoxy groups -OCH3 is 1. The van der Waals surface area contributed by atoms with Crippen LogP contribution in [0.1, 0.15) is 64.9 Å². The molecule has 0 N–H and O–H groups in total. The van der Waals surface area contributed by atoms with Gasteiger partial charge in [0.25, 0.3) is 0 Å². The van der Waals surface area contributed by atoms with Crippen molar-refractivity contribution in [3.63, 3.8) is 0 Å². The highest BCUT2D eigenvalue weighted by Gasteiger charge is 2.52. The van der Waals surface area contributed by atoms with Gasteiger partial charge in [-0.1, -0.05) is 39.3 Å². The van der Waals surface area contributed by atoms with E-state index in [4.69, 9.17) is 16.3 Å². The van der Waals surface area contributed by atoms with Crippen LogP contribution in [-0.2, 0) is 19.2 Å². The summed E-state index contributed by atoms with van der Waals surface area (Å²) in [5.41, 5.74) is -0.856. The van der Waals surface area contributed by atoms with Gasteiger partial charge in [0, 0.05) is 31.6 Å². The Balaban J connectivity index is 2.18. The van der Waals surface area contributed by atoms with E-state index in [0.717, 1.165) is 0 Å². The van der Waals surface area contributed by atoms with Crippen molar-refractivity contribution in [3.05, 3.63) is 22.7 Å². The Morgan fingerprint density at radius 2 is 1.26 bits per heavy atom. The van der Waals surface area contributed by atoms with Crippen molar-refractivity contribution in [1.29, 1.82) is 0 Å². The fourth-order valence-electron chi connectivity index (χ4n) is 5.32. The van der Waals surface area contributed by atoms with Gasteiger partial charge in [-0.25, -0.2) is 0 Å². The molecule has 2 fully saturated rings. The molecule has 2 aliphatic rings. The largest absolute Gasteiger partial charge is 0.493 e. The molecule has 0 atom stereocenters. The smallest absolute Gasteiger partial charge is 0.387 e. The summed E-state index contributed by atoms with van der Waals surface area (Å²) in [5, 5.41) is -0.244. The van der Waals surface area contributed by atoms with Crippen LogP contribution < -0.4 is 9.47 Å². The summed E-state index contributed by atoms with van der Waals surface area (Å²) in [6.45, 7) is 4.07. The molecule has 34 heavy (non-hydrogen) atoms. The van der Waals surface area contributed by atoms with Crippen molar-refractivity contribution in [3.8, 4) is 11.5 Å². The Labute approximate surface area is 202 Å². The zero-order valence-corrected chi connectivity index (χ0v) is 20.6. The normalized spacial score (nSPS) is 21.5. The monoisotopic (exact) mass is 498 g/mol. The van der Waals surface area contributed by atoms with Crippen molar-refractivity contribution < 1.29 is 37.4 Å². The van der Waals surface area contributed by atoms with E-state index in [9.17, 15) is 28.0 Å². The molecule has 0 aliphatic heterocycles. The molecule has 0 radical (unpaired) electrons. The van der Waals surface area contributed by atoms with Gasteiger partial charge in [0.1, 0.15) is 23.1 Å². The molecule has 0 bridgehead atoms. The average molecular weight is 499 g/mol. The third-order valence-electron chi connectivity index (χ3n) is 6.56. The molecule has 1 aromatic rings. The van der Waals surface area contributed by atoms with E-state index >= 15 is 0 Å².